The maximum absolute atomic E-state index is 12.5. The number of aryl methyl sites for hydroxylation is 1. The average Bonchev–Trinajstić information content (AvgIpc) is 2.58. The maximum atomic E-state index is 12.5. The van der Waals surface area contributed by atoms with Gasteiger partial charge in [0, 0.05) is 12.1 Å². The van der Waals surface area contributed by atoms with Crippen LogP contribution in [0.4, 0.5) is 13.2 Å². The summed E-state index contributed by atoms with van der Waals surface area (Å²) >= 11 is 0. The second-order valence-electron chi connectivity index (χ2n) is 5.52. The summed E-state index contributed by atoms with van der Waals surface area (Å²) in [5, 5.41) is 5.02. The van der Waals surface area contributed by atoms with Gasteiger partial charge in [-0.1, -0.05) is 29.8 Å². The van der Waals surface area contributed by atoms with Gasteiger partial charge < -0.3 is 10.6 Å². The Morgan fingerprint density at radius 3 is 2.08 bits per heavy atom. The molecule has 0 aliphatic heterocycles. The van der Waals surface area contributed by atoms with Gasteiger partial charge in [0.05, 0.1) is 12.1 Å². The van der Waals surface area contributed by atoms with Crippen molar-refractivity contribution in [1.29, 1.82) is 0 Å². The smallest absolute Gasteiger partial charge is 0.350 e. The van der Waals surface area contributed by atoms with Gasteiger partial charge in [-0.15, -0.1) is 0 Å². The molecule has 2 aromatic rings. The number of alkyl halides is 3. The fourth-order valence-electron chi connectivity index (χ4n) is 2.04. The average molecular weight is 350 g/mol. The maximum Gasteiger partial charge on any atom is 0.416 e. The minimum atomic E-state index is -4.39. The molecule has 4 nitrogen and oxygen atoms in total. The third-order valence-electron chi connectivity index (χ3n) is 3.49. The van der Waals surface area contributed by atoms with Gasteiger partial charge in [0.2, 0.25) is 5.91 Å². The van der Waals surface area contributed by atoms with Gasteiger partial charge in [-0.3, -0.25) is 9.59 Å². The Hall–Kier alpha value is -2.83. The zero-order chi connectivity index (χ0) is 18.4. The number of carbonyl (C=O) groups is 2. The summed E-state index contributed by atoms with van der Waals surface area (Å²) in [5.41, 5.74) is 1.26. The van der Waals surface area contributed by atoms with E-state index in [2.05, 4.69) is 10.6 Å². The molecule has 25 heavy (non-hydrogen) atoms. The summed E-state index contributed by atoms with van der Waals surface area (Å²) in [6.45, 7) is 1.76. The molecular formula is C18H17F3N2O2. The SMILES string of the molecule is Cc1ccc(C(=O)NCC(=O)NCc2ccc(C(F)(F)F)cc2)cc1. The van der Waals surface area contributed by atoms with Gasteiger partial charge >= 0.3 is 6.18 Å². The van der Waals surface area contributed by atoms with E-state index in [0.29, 0.717) is 11.1 Å². The molecule has 0 aliphatic rings. The molecule has 0 aromatic heterocycles. The lowest BCUT2D eigenvalue weighted by Gasteiger charge is -2.09. The van der Waals surface area contributed by atoms with Crippen LogP contribution in [0, 0.1) is 6.92 Å². The van der Waals surface area contributed by atoms with E-state index < -0.39 is 17.6 Å². The van der Waals surface area contributed by atoms with Crippen molar-refractivity contribution < 1.29 is 22.8 Å². The summed E-state index contributed by atoms with van der Waals surface area (Å²) in [6, 6.07) is 11.4. The molecule has 0 aliphatic carbocycles. The van der Waals surface area contributed by atoms with Crippen molar-refractivity contribution in [3.63, 3.8) is 0 Å². The number of rotatable bonds is 5. The van der Waals surface area contributed by atoms with Crippen LogP contribution in [0.25, 0.3) is 0 Å². The number of hydrogen-bond donors (Lipinski definition) is 2. The number of hydrogen-bond acceptors (Lipinski definition) is 2. The van der Waals surface area contributed by atoms with Crippen LogP contribution in [-0.4, -0.2) is 18.4 Å². The molecule has 0 radical (unpaired) electrons. The van der Waals surface area contributed by atoms with E-state index in [9.17, 15) is 22.8 Å². The molecule has 0 unspecified atom stereocenters. The fourth-order valence-corrected chi connectivity index (χ4v) is 2.04. The molecule has 0 atom stereocenters. The Bertz CT molecular complexity index is 738. The fraction of sp³-hybridized carbons (Fsp3) is 0.222. The van der Waals surface area contributed by atoms with Gasteiger partial charge in [-0.2, -0.15) is 13.2 Å². The monoisotopic (exact) mass is 350 g/mol. The van der Waals surface area contributed by atoms with Gasteiger partial charge in [0.25, 0.3) is 5.91 Å². The minimum absolute atomic E-state index is 0.0807. The molecule has 2 amide bonds. The van der Waals surface area contributed by atoms with Gasteiger partial charge in [0.15, 0.2) is 0 Å². The molecule has 132 valence electrons. The predicted molar refractivity (Wildman–Crippen MR) is 86.8 cm³/mol. The Kier molecular flexibility index (Phi) is 5.80. The first kappa shape index (κ1) is 18.5. The zero-order valence-corrected chi connectivity index (χ0v) is 13.5. The van der Waals surface area contributed by atoms with E-state index in [0.717, 1.165) is 17.7 Å². The Morgan fingerprint density at radius 2 is 1.52 bits per heavy atom. The number of halogens is 3. The minimum Gasteiger partial charge on any atom is -0.350 e. The normalized spacial score (nSPS) is 11.0. The molecule has 7 heteroatoms. The first-order valence-corrected chi connectivity index (χ1v) is 7.53. The first-order chi connectivity index (χ1) is 11.8. The van der Waals surface area contributed by atoms with Crippen LogP contribution in [0.2, 0.25) is 0 Å². The Labute approximate surface area is 143 Å². The van der Waals surface area contributed by atoms with E-state index >= 15 is 0 Å². The molecule has 2 aromatic carbocycles. The molecule has 0 heterocycles. The summed E-state index contributed by atoms with van der Waals surface area (Å²) in [7, 11) is 0. The molecule has 0 saturated carbocycles. The van der Waals surface area contributed by atoms with Gasteiger partial charge in [0.1, 0.15) is 0 Å². The molecule has 2 N–H and O–H groups in total. The van der Waals surface area contributed by atoms with Crippen molar-refractivity contribution >= 4 is 11.8 Å². The largest absolute Gasteiger partial charge is 0.416 e. The van der Waals surface area contributed by atoms with Crippen LogP contribution in [0.5, 0.6) is 0 Å². The Morgan fingerprint density at radius 1 is 0.920 bits per heavy atom. The van der Waals surface area contributed by atoms with Crippen molar-refractivity contribution in [2.24, 2.45) is 0 Å². The van der Waals surface area contributed by atoms with Gasteiger partial charge in [-0.25, -0.2) is 0 Å². The van der Waals surface area contributed by atoms with Crippen molar-refractivity contribution in [2.45, 2.75) is 19.6 Å². The van der Waals surface area contributed by atoms with E-state index in [-0.39, 0.29) is 19.0 Å². The van der Waals surface area contributed by atoms with Gasteiger partial charge in [-0.05, 0) is 36.8 Å². The lowest BCUT2D eigenvalue weighted by Crippen LogP contribution is -2.36. The van der Waals surface area contributed by atoms with E-state index in [1.54, 1.807) is 24.3 Å². The van der Waals surface area contributed by atoms with Crippen LogP contribution in [0.3, 0.4) is 0 Å². The molecule has 0 bridgehead atoms. The number of amides is 2. The Balaban J connectivity index is 1.79. The highest BCUT2D eigenvalue weighted by Gasteiger charge is 2.29. The summed E-state index contributed by atoms with van der Waals surface area (Å²) < 4.78 is 37.4. The van der Waals surface area contributed by atoms with Crippen LogP contribution in [-0.2, 0) is 17.5 Å². The lowest BCUT2D eigenvalue weighted by atomic mass is 10.1. The molecule has 0 spiro atoms. The predicted octanol–water partition coefficient (Wildman–Crippen LogP) is 3.06. The van der Waals surface area contributed by atoms with Crippen molar-refractivity contribution in [1.82, 2.24) is 10.6 Å². The quantitative estimate of drug-likeness (QED) is 0.871. The second kappa shape index (κ2) is 7.83. The van der Waals surface area contributed by atoms with Crippen molar-refractivity contribution in [2.75, 3.05) is 6.54 Å². The van der Waals surface area contributed by atoms with Crippen molar-refractivity contribution in [3.05, 3.63) is 70.8 Å². The van der Waals surface area contributed by atoms with Crippen LogP contribution in [0.1, 0.15) is 27.0 Å². The summed E-state index contributed by atoms with van der Waals surface area (Å²) in [5.74, 6) is -0.801. The van der Waals surface area contributed by atoms with E-state index in [4.69, 9.17) is 0 Å². The van der Waals surface area contributed by atoms with Crippen molar-refractivity contribution in [3.8, 4) is 0 Å². The summed E-state index contributed by atoms with van der Waals surface area (Å²) in [6.07, 6.45) is -4.39. The number of carbonyl (C=O) groups excluding carboxylic acids is 2. The topological polar surface area (TPSA) is 58.2 Å². The lowest BCUT2D eigenvalue weighted by molar-refractivity contribution is -0.137. The highest BCUT2D eigenvalue weighted by atomic mass is 19.4. The molecule has 0 saturated heterocycles. The van der Waals surface area contributed by atoms with E-state index in [1.807, 2.05) is 6.92 Å². The number of benzene rings is 2. The number of nitrogens with one attached hydrogen (secondary N) is 2. The van der Waals surface area contributed by atoms with Crippen LogP contribution >= 0.6 is 0 Å². The van der Waals surface area contributed by atoms with E-state index in [1.165, 1.54) is 12.1 Å². The standard InChI is InChI=1S/C18H17F3N2O2/c1-12-2-6-14(7-3-12)17(25)23-11-16(24)22-10-13-4-8-15(9-5-13)18(19,20)21/h2-9H,10-11H2,1H3,(H,22,24)(H,23,25). The zero-order valence-electron chi connectivity index (χ0n) is 13.5. The molecule has 2 rings (SSSR count). The highest BCUT2D eigenvalue weighted by Crippen LogP contribution is 2.28. The van der Waals surface area contributed by atoms with Crippen LogP contribution in [0.15, 0.2) is 48.5 Å². The first-order valence-electron chi connectivity index (χ1n) is 7.53. The third-order valence-corrected chi connectivity index (χ3v) is 3.49. The third kappa shape index (κ3) is 5.63. The molecular weight excluding hydrogens is 333 g/mol. The summed E-state index contributed by atoms with van der Waals surface area (Å²) in [4.78, 5) is 23.6. The molecule has 0 fully saturated rings. The van der Waals surface area contributed by atoms with Crippen LogP contribution < -0.4 is 10.6 Å². The highest BCUT2D eigenvalue weighted by molar-refractivity contribution is 5.96. The second-order valence-corrected chi connectivity index (χ2v) is 5.52.